The largest absolute Gasteiger partial charge is 0.481 e. The lowest BCUT2D eigenvalue weighted by Gasteiger charge is -2.03. The van der Waals surface area contributed by atoms with Crippen molar-refractivity contribution in [1.29, 1.82) is 0 Å². The van der Waals surface area contributed by atoms with Crippen LogP contribution in [-0.4, -0.2) is 24.0 Å². The van der Waals surface area contributed by atoms with E-state index in [-0.39, 0.29) is 12.5 Å². The highest BCUT2D eigenvalue weighted by molar-refractivity contribution is 5.79. The van der Waals surface area contributed by atoms with Crippen molar-refractivity contribution in [1.82, 2.24) is 10.3 Å². The molecular formula is C15H14N2O2. The van der Waals surface area contributed by atoms with E-state index in [9.17, 15) is 4.79 Å². The van der Waals surface area contributed by atoms with Crippen molar-refractivity contribution < 1.29 is 9.53 Å². The van der Waals surface area contributed by atoms with E-state index >= 15 is 0 Å². The van der Waals surface area contributed by atoms with Crippen molar-refractivity contribution >= 4 is 16.8 Å². The van der Waals surface area contributed by atoms with Crippen molar-refractivity contribution in [2.75, 3.05) is 13.2 Å². The van der Waals surface area contributed by atoms with Crippen LogP contribution in [0, 0.1) is 11.8 Å². The van der Waals surface area contributed by atoms with Gasteiger partial charge in [0.15, 0.2) is 0 Å². The Bertz CT molecular complexity index is 641. The van der Waals surface area contributed by atoms with Crippen molar-refractivity contribution in [2.45, 2.75) is 6.92 Å². The molecule has 0 aliphatic rings. The molecule has 0 spiro atoms. The molecule has 0 radical (unpaired) electrons. The van der Waals surface area contributed by atoms with Crippen LogP contribution in [0.2, 0.25) is 0 Å². The highest BCUT2D eigenvalue weighted by Crippen LogP contribution is 2.18. The second-order valence-corrected chi connectivity index (χ2v) is 3.91. The summed E-state index contributed by atoms with van der Waals surface area (Å²) < 4.78 is 5.49. The quantitative estimate of drug-likeness (QED) is 0.849. The standard InChI is InChI=1S/C15H14N2O2/c1-12(18)16-8-2-3-10-19-14-7-6-13-5-4-9-17-15(13)11-14/h4-7,9,11H,8,10H2,1H3,(H,16,18). The molecule has 4 heteroatoms. The molecule has 1 N–H and O–H groups in total. The van der Waals surface area contributed by atoms with Crippen LogP contribution in [0.5, 0.6) is 5.75 Å². The molecule has 0 aliphatic carbocycles. The SMILES string of the molecule is CC(=O)NCC#CCOc1ccc2cccnc2c1. The molecule has 1 aromatic heterocycles. The second kappa shape index (κ2) is 6.41. The van der Waals surface area contributed by atoms with E-state index in [1.165, 1.54) is 6.92 Å². The molecule has 19 heavy (non-hydrogen) atoms. The summed E-state index contributed by atoms with van der Waals surface area (Å²) in [6.07, 6.45) is 1.75. The number of carbonyl (C=O) groups is 1. The van der Waals surface area contributed by atoms with E-state index < -0.39 is 0 Å². The average molecular weight is 254 g/mol. The van der Waals surface area contributed by atoms with Crippen LogP contribution >= 0.6 is 0 Å². The van der Waals surface area contributed by atoms with Gasteiger partial charge in [-0.1, -0.05) is 17.9 Å². The van der Waals surface area contributed by atoms with E-state index in [4.69, 9.17) is 4.74 Å². The molecule has 0 unspecified atom stereocenters. The number of benzene rings is 1. The van der Waals surface area contributed by atoms with Gasteiger partial charge in [0, 0.05) is 24.6 Å². The molecule has 1 aromatic carbocycles. The number of nitrogens with one attached hydrogen (secondary N) is 1. The molecule has 0 atom stereocenters. The first-order valence-corrected chi connectivity index (χ1v) is 5.93. The smallest absolute Gasteiger partial charge is 0.217 e. The number of hydrogen-bond donors (Lipinski definition) is 1. The molecule has 1 amide bonds. The Morgan fingerprint density at radius 2 is 2.26 bits per heavy atom. The van der Waals surface area contributed by atoms with E-state index in [1.54, 1.807) is 6.20 Å². The summed E-state index contributed by atoms with van der Waals surface area (Å²) in [6, 6.07) is 9.63. The normalized spacial score (nSPS) is 9.53. The van der Waals surface area contributed by atoms with Gasteiger partial charge in [0.05, 0.1) is 12.1 Å². The van der Waals surface area contributed by atoms with Gasteiger partial charge >= 0.3 is 0 Å². The highest BCUT2D eigenvalue weighted by Gasteiger charge is 1.96. The number of rotatable bonds is 3. The third-order valence-corrected chi connectivity index (χ3v) is 2.44. The Balaban J connectivity index is 1.89. The Morgan fingerprint density at radius 3 is 3.11 bits per heavy atom. The van der Waals surface area contributed by atoms with E-state index in [1.807, 2.05) is 30.3 Å². The lowest BCUT2D eigenvalue weighted by atomic mass is 10.2. The van der Waals surface area contributed by atoms with Gasteiger partial charge in [0.25, 0.3) is 0 Å². The third kappa shape index (κ3) is 4.00. The maximum atomic E-state index is 10.6. The summed E-state index contributed by atoms with van der Waals surface area (Å²) in [5, 5.41) is 3.67. The average Bonchev–Trinajstić information content (AvgIpc) is 2.42. The molecule has 1 heterocycles. The van der Waals surface area contributed by atoms with E-state index in [0.717, 1.165) is 16.7 Å². The molecule has 0 saturated heterocycles. The Kier molecular flexibility index (Phi) is 4.35. The lowest BCUT2D eigenvalue weighted by Crippen LogP contribution is -2.19. The van der Waals surface area contributed by atoms with Crippen LogP contribution in [0.1, 0.15) is 6.92 Å². The van der Waals surface area contributed by atoms with Crippen LogP contribution in [0.4, 0.5) is 0 Å². The van der Waals surface area contributed by atoms with Crippen LogP contribution in [0.3, 0.4) is 0 Å². The van der Waals surface area contributed by atoms with Gasteiger partial charge in [0.1, 0.15) is 12.4 Å². The van der Waals surface area contributed by atoms with Crippen LogP contribution in [0.25, 0.3) is 10.9 Å². The zero-order valence-corrected chi connectivity index (χ0v) is 10.6. The van der Waals surface area contributed by atoms with Gasteiger partial charge in [-0.05, 0) is 18.2 Å². The number of pyridine rings is 1. The number of carbonyl (C=O) groups excluding carboxylic acids is 1. The van der Waals surface area contributed by atoms with Crippen molar-refractivity contribution in [3.8, 4) is 17.6 Å². The highest BCUT2D eigenvalue weighted by atomic mass is 16.5. The maximum Gasteiger partial charge on any atom is 0.217 e. The molecule has 96 valence electrons. The van der Waals surface area contributed by atoms with Crippen molar-refractivity contribution in [2.24, 2.45) is 0 Å². The minimum Gasteiger partial charge on any atom is -0.481 e. The Hall–Kier alpha value is -2.54. The van der Waals surface area contributed by atoms with Gasteiger partial charge in [0.2, 0.25) is 5.91 Å². The molecule has 0 fully saturated rings. The summed E-state index contributed by atoms with van der Waals surface area (Å²) in [7, 11) is 0. The predicted octanol–water partition coefficient (Wildman–Crippen LogP) is 1.75. The molecular weight excluding hydrogens is 240 g/mol. The fourth-order valence-corrected chi connectivity index (χ4v) is 1.54. The summed E-state index contributed by atoms with van der Waals surface area (Å²) >= 11 is 0. The number of fused-ring (bicyclic) bond motifs is 1. The predicted molar refractivity (Wildman–Crippen MR) is 73.7 cm³/mol. The summed E-state index contributed by atoms with van der Waals surface area (Å²) in [5.41, 5.74) is 0.895. The maximum absolute atomic E-state index is 10.6. The van der Waals surface area contributed by atoms with Crippen molar-refractivity contribution in [3.05, 3.63) is 36.5 Å². The molecule has 0 aliphatic heterocycles. The topological polar surface area (TPSA) is 51.2 Å². The third-order valence-electron chi connectivity index (χ3n) is 2.44. The zero-order valence-electron chi connectivity index (χ0n) is 10.6. The number of amides is 1. The van der Waals surface area contributed by atoms with Crippen LogP contribution in [-0.2, 0) is 4.79 Å². The summed E-state index contributed by atoms with van der Waals surface area (Å²) in [4.78, 5) is 14.9. The summed E-state index contributed by atoms with van der Waals surface area (Å²) in [6.45, 7) is 2.09. The first-order chi connectivity index (χ1) is 9.25. The fourth-order valence-electron chi connectivity index (χ4n) is 1.54. The Labute approximate surface area is 111 Å². The Morgan fingerprint density at radius 1 is 1.37 bits per heavy atom. The zero-order chi connectivity index (χ0) is 13.5. The minimum absolute atomic E-state index is 0.0872. The van der Waals surface area contributed by atoms with Crippen LogP contribution in [0.15, 0.2) is 36.5 Å². The summed E-state index contributed by atoms with van der Waals surface area (Å²) in [5.74, 6) is 6.28. The monoisotopic (exact) mass is 254 g/mol. The fraction of sp³-hybridized carbons (Fsp3) is 0.200. The minimum atomic E-state index is -0.0872. The van der Waals surface area contributed by atoms with E-state index in [2.05, 4.69) is 22.1 Å². The number of nitrogens with zero attached hydrogens (tertiary/aromatic N) is 1. The molecule has 4 nitrogen and oxygen atoms in total. The van der Waals surface area contributed by atoms with Gasteiger partial charge in [-0.2, -0.15) is 0 Å². The number of aromatic nitrogens is 1. The van der Waals surface area contributed by atoms with E-state index in [0.29, 0.717) is 6.54 Å². The molecule has 2 rings (SSSR count). The number of ether oxygens (including phenoxy) is 1. The van der Waals surface area contributed by atoms with Gasteiger partial charge in [-0.15, -0.1) is 0 Å². The van der Waals surface area contributed by atoms with Gasteiger partial charge in [-0.25, -0.2) is 0 Å². The van der Waals surface area contributed by atoms with Crippen LogP contribution < -0.4 is 10.1 Å². The first kappa shape index (κ1) is 12.9. The molecule has 0 saturated carbocycles. The molecule has 2 aromatic rings. The van der Waals surface area contributed by atoms with Crippen molar-refractivity contribution in [3.63, 3.8) is 0 Å². The first-order valence-electron chi connectivity index (χ1n) is 5.93. The van der Waals surface area contributed by atoms with Gasteiger partial charge < -0.3 is 10.1 Å². The number of hydrogen-bond acceptors (Lipinski definition) is 3. The second-order valence-electron chi connectivity index (χ2n) is 3.91. The lowest BCUT2D eigenvalue weighted by molar-refractivity contribution is -0.118. The molecule has 0 bridgehead atoms. The van der Waals surface area contributed by atoms with Gasteiger partial charge in [-0.3, -0.25) is 9.78 Å².